The first-order valence-corrected chi connectivity index (χ1v) is 8.12. The lowest BCUT2D eigenvalue weighted by atomic mass is 9.48. The third-order valence-electron chi connectivity index (χ3n) is 6.33. The van der Waals surface area contributed by atoms with Gasteiger partial charge >= 0.3 is 0 Å². The fourth-order valence-corrected chi connectivity index (χ4v) is 4.79. The smallest absolute Gasteiger partial charge is 0.0691 e. The number of piperidine rings is 1. The van der Waals surface area contributed by atoms with Crippen LogP contribution in [0, 0.1) is 17.3 Å². The number of fused-ring (bicyclic) bond motifs is 1. The highest BCUT2D eigenvalue weighted by atomic mass is 16.5. The molecule has 0 amide bonds. The van der Waals surface area contributed by atoms with E-state index in [1.54, 1.807) is 0 Å². The third kappa shape index (κ3) is 1.97. The maximum atomic E-state index is 6.86. The molecule has 0 spiro atoms. The van der Waals surface area contributed by atoms with Crippen molar-refractivity contribution in [1.82, 2.24) is 4.90 Å². The molecule has 1 aliphatic carbocycles. The second-order valence-corrected chi connectivity index (χ2v) is 7.60. The Hall–Kier alpha value is -0.120. The molecule has 2 N–H and O–H groups in total. The molecule has 3 heteroatoms. The average molecular weight is 266 g/mol. The number of nitrogens with zero attached hydrogens (tertiary/aromatic N) is 1. The van der Waals surface area contributed by atoms with Crippen LogP contribution < -0.4 is 5.73 Å². The van der Waals surface area contributed by atoms with Crippen molar-refractivity contribution in [2.24, 2.45) is 23.0 Å². The highest BCUT2D eigenvalue weighted by molar-refractivity contribution is 5.21. The van der Waals surface area contributed by atoms with Crippen LogP contribution in [-0.2, 0) is 4.74 Å². The van der Waals surface area contributed by atoms with Crippen LogP contribution in [0.15, 0.2) is 0 Å². The molecule has 0 aromatic carbocycles. The summed E-state index contributed by atoms with van der Waals surface area (Å²) in [7, 11) is 0. The Morgan fingerprint density at radius 2 is 2.11 bits per heavy atom. The van der Waals surface area contributed by atoms with Crippen molar-refractivity contribution in [3.63, 3.8) is 0 Å². The lowest BCUT2D eigenvalue weighted by Crippen LogP contribution is -2.78. The van der Waals surface area contributed by atoms with Crippen LogP contribution in [0.2, 0.25) is 0 Å². The van der Waals surface area contributed by atoms with Gasteiger partial charge in [0.25, 0.3) is 0 Å². The number of nitrogens with two attached hydrogens (primary N) is 1. The van der Waals surface area contributed by atoms with Crippen LogP contribution >= 0.6 is 0 Å². The summed E-state index contributed by atoms with van der Waals surface area (Å²) in [4.78, 5) is 2.63. The molecular weight excluding hydrogens is 236 g/mol. The van der Waals surface area contributed by atoms with E-state index in [1.165, 1.54) is 32.4 Å². The van der Waals surface area contributed by atoms with Gasteiger partial charge in [0, 0.05) is 36.6 Å². The predicted molar refractivity (Wildman–Crippen MR) is 78.0 cm³/mol. The molecule has 0 aromatic rings. The molecule has 3 rings (SSSR count). The molecule has 110 valence electrons. The molecule has 3 nitrogen and oxygen atoms in total. The molecular formula is C16H30N2O. The van der Waals surface area contributed by atoms with Crippen molar-refractivity contribution < 1.29 is 4.74 Å². The van der Waals surface area contributed by atoms with E-state index in [2.05, 4.69) is 25.7 Å². The number of ether oxygens (including phenoxy) is 1. The fraction of sp³-hybridized carbons (Fsp3) is 1.00. The third-order valence-corrected chi connectivity index (χ3v) is 6.33. The molecule has 19 heavy (non-hydrogen) atoms. The summed E-state index contributed by atoms with van der Waals surface area (Å²) in [5, 5.41) is 0. The summed E-state index contributed by atoms with van der Waals surface area (Å²) >= 11 is 0. The molecule has 1 saturated carbocycles. The quantitative estimate of drug-likeness (QED) is 0.851. The van der Waals surface area contributed by atoms with E-state index in [0.29, 0.717) is 12.0 Å². The van der Waals surface area contributed by atoms with Crippen LogP contribution in [0.3, 0.4) is 0 Å². The van der Waals surface area contributed by atoms with Crippen molar-refractivity contribution in [2.75, 3.05) is 26.2 Å². The highest BCUT2D eigenvalue weighted by Crippen LogP contribution is 2.58. The zero-order valence-electron chi connectivity index (χ0n) is 12.8. The first-order chi connectivity index (χ1) is 8.99. The van der Waals surface area contributed by atoms with Crippen molar-refractivity contribution in [3.8, 4) is 0 Å². The minimum absolute atomic E-state index is 0.0379. The second kappa shape index (κ2) is 4.71. The summed E-state index contributed by atoms with van der Waals surface area (Å²) in [6.45, 7) is 11.4. The normalized spacial score (nSPS) is 45.8. The standard InChI is InChI=1S/C16H30N2O/c1-4-12-6-5-8-18(10-12)11-16(17)13-7-9-19-14(13)15(16,2)3/h12-14H,4-11,17H2,1-3H3. The molecule has 0 bridgehead atoms. The van der Waals surface area contributed by atoms with Gasteiger partial charge in [0.15, 0.2) is 0 Å². The molecule has 4 atom stereocenters. The van der Waals surface area contributed by atoms with Gasteiger partial charge in [-0.2, -0.15) is 0 Å². The first-order valence-electron chi connectivity index (χ1n) is 8.12. The largest absolute Gasteiger partial charge is 0.377 e. The Balaban J connectivity index is 1.68. The van der Waals surface area contributed by atoms with Gasteiger partial charge in [-0.15, -0.1) is 0 Å². The molecule has 2 aliphatic heterocycles. The summed E-state index contributed by atoms with van der Waals surface area (Å²) in [5.41, 5.74) is 6.96. The van der Waals surface area contributed by atoms with Crippen molar-refractivity contribution in [3.05, 3.63) is 0 Å². The lowest BCUT2D eigenvalue weighted by Gasteiger charge is -2.63. The van der Waals surface area contributed by atoms with E-state index in [-0.39, 0.29) is 11.0 Å². The van der Waals surface area contributed by atoms with Gasteiger partial charge in [-0.3, -0.25) is 0 Å². The molecule has 3 aliphatic rings. The van der Waals surface area contributed by atoms with E-state index in [4.69, 9.17) is 10.5 Å². The van der Waals surface area contributed by atoms with Crippen LogP contribution in [0.4, 0.5) is 0 Å². The van der Waals surface area contributed by atoms with Gasteiger partial charge in [0.2, 0.25) is 0 Å². The minimum Gasteiger partial charge on any atom is -0.377 e. The number of likely N-dealkylation sites (tertiary alicyclic amines) is 1. The van der Waals surface area contributed by atoms with E-state index in [9.17, 15) is 0 Å². The zero-order valence-corrected chi connectivity index (χ0v) is 12.8. The summed E-state index contributed by atoms with van der Waals surface area (Å²) in [5.74, 6) is 1.47. The predicted octanol–water partition coefficient (Wildman–Crippen LogP) is 2.25. The van der Waals surface area contributed by atoms with Gasteiger partial charge in [-0.05, 0) is 31.7 Å². The second-order valence-electron chi connectivity index (χ2n) is 7.60. The molecule has 2 saturated heterocycles. The minimum atomic E-state index is -0.0379. The number of rotatable bonds is 3. The van der Waals surface area contributed by atoms with Crippen molar-refractivity contribution in [1.29, 1.82) is 0 Å². The Labute approximate surface area is 117 Å². The SMILES string of the molecule is CCC1CCCN(CC2(N)C3CCOC3C2(C)C)C1. The van der Waals surface area contributed by atoms with Gasteiger partial charge in [-0.1, -0.05) is 27.2 Å². The lowest BCUT2D eigenvalue weighted by molar-refractivity contribution is -0.164. The summed E-state index contributed by atoms with van der Waals surface area (Å²) in [6, 6.07) is 0. The van der Waals surface area contributed by atoms with E-state index >= 15 is 0 Å². The van der Waals surface area contributed by atoms with Gasteiger partial charge in [0.05, 0.1) is 6.10 Å². The molecule has 4 unspecified atom stereocenters. The van der Waals surface area contributed by atoms with Crippen molar-refractivity contribution in [2.45, 2.75) is 58.1 Å². The Morgan fingerprint density at radius 3 is 2.84 bits per heavy atom. The average Bonchev–Trinajstić information content (AvgIpc) is 2.87. The monoisotopic (exact) mass is 266 g/mol. The van der Waals surface area contributed by atoms with Crippen LogP contribution in [-0.4, -0.2) is 42.8 Å². The zero-order chi connectivity index (χ0) is 13.7. The number of hydrogen-bond donors (Lipinski definition) is 1. The maximum absolute atomic E-state index is 6.86. The number of hydrogen-bond acceptors (Lipinski definition) is 3. The molecule has 2 heterocycles. The Bertz CT molecular complexity index is 344. The van der Waals surface area contributed by atoms with E-state index in [1.807, 2.05) is 0 Å². The fourth-order valence-electron chi connectivity index (χ4n) is 4.79. The summed E-state index contributed by atoms with van der Waals surface area (Å²) < 4.78 is 5.90. The maximum Gasteiger partial charge on any atom is 0.0691 e. The highest BCUT2D eigenvalue weighted by Gasteiger charge is 2.67. The van der Waals surface area contributed by atoms with Crippen LogP contribution in [0.25, 0.3) is 0 Å². The van der Waals surface area contributed by atoms with Crippen LogP contribution in [0.5, 0.6) is 0 Å². The van der Waals surface area contributed by atoms with Gasteiger partial charge in [0.1, 0.15) is 0 Å². The Kier molecular flexibility index (Phi) is 3.43. The molecule has 0 radical (unpaired) electrons. The Morgan fingerprint density at radius 1 is 1.32 bits per heavy atom. The van der Waals surface area contributed by atoms with E-state index < -0.39 is 0 Å². The first kappa shape index (κ1) is 13.8. The van der Waals surface area contributed by atoms with E-state index in [0.717, 1.165) is 25.5 Å². The topological polar surface area (TPSA) is 38.5 Å². The summed E-state index contributed by atoms with van der Waals surface area (Å²) in [6.07, 6.45) is 5.63. The van der Waals surface area contributed by atoms with Gasteiger partial charge in [-0.25, -0.2) is 0 Å². The van der Waals surface area contributed by atoms with Crippen LogP contribution in [0.1, 0.15) is 46.5 Å². The molecule has 0 aromatic heterocycles. The molecule has 3 fully saturated rings. The van der Waals surface area contributed by atoms with Gasteiger partial charge < -0.3 is 15.4 Å². The van der Waals surface area contributed by atoms with Crippen molar-refractivity contribution >= 4 is 0 Å².